The zero-order chi connectivity index (χ0) is 15.8. The topological polar surface area (TPSA) is 76.1 Å². The maximum Gasteiger partial charge on any atom is 0.256 e. The van der Waals surface area contributed by atoms with Crippen LogP contribution in [0.2, 0.25) is 5.02 Å². The molecule has 2 N–H and O–H groups in total. The van der Waals surface area contributed by atoms with Crippen LogP contribution in [-0.2, 0) is 4.74 Å². The predicted molar refractivity (Wildman–Crippen MR) is 86.4 cm³/mol. The molecule has 0 aliphatic rings. The molecule has 7 heteroatoms. The Balaban J connectivity index is 1.88. The van der Waals surface area contributed by atoms with Gasteiger partial charge >= 0.3 is 0 Å². The molecule has 0 aliphatic carbocycles. The van der Waals surface area contributed by atoms with E-state index >= 15 is 0 Å². The number of anilines is 2. The van der Waals surface area contributed by atoms with Crippen LogP contribution >= 0.6 is 11.6 Å². The molecule has 2 aromatic rings. The highest BCUT2D eigenvalue weighted by molar-refractivity contribution is 6.30. The Labute approximate surface area is 133 Å². The van der Waals surface area contributed by atoms with E-state index in [1.807, 2.05) is 0 Å². The fourth-order valence-electron chi connectivity index (χ4n) is 1.72. The number of nitrogens with one attached hydrogen (secondary N) is 2. The first kappa shape index (κ1) is 16.2. The molecule has 116 valence electrons. The number of hydrogen-bond donors (Lipinski definition) is 2. The van der Waals surface area contributed by atoms with Gasteiger partial charge in [-0.05, 0) is 42.8 Å². The van der Waals surface area contributed by atoms with Crippen molar-refractivity contribution < 1.29 is 9.53 Å². The maximum atomic E-state index is 12.0. The fourth-order valence-corrected chi connectivity index (χ4v) is 1.84. The van der Waals surface area contributed by atoms with E-state index in [0.29, 0.717) is 28.8 Å². The smallest absolute Gasteiger partial charge is 0.256 e. The number of amides is 1. The van der Waals surface area contributed by atoms with Crippen LogP contribution in [0.5, 0.6) is 0 Å². The average molecular weight is 321 g/mol. The molecule has 0 saturated heterocycles. The van der Waals surface area contributed by atoms with E-state index in [9.17, 15) is 4.79 Å². The summed E-state index contributed by atoms with van der Waals surface area (Å²) in [6, 6.07) is 10.1. The van der Waals surface area contributed by atoms with Crippen molar-refractivity contribution in [2.75, 3.05) is 30.9 Å². The van der Waals surface area contributed by atoms with Crippen molar-refractivity contribution in [3.05, 3.63) is 47.0 Å². The van der Waals surface area contributed by atoms with Gasteiger partial charge in [-0.1, -0.05) is 11.6 Å². The Morgan fingerprint density at radius 2 is 1.82 bits per heavy atom. The minimum atomic E-state index is -0.258. The molecule has 1 amide bonds. The second-order valence-electron chi connectivity index (χ2n) is 4.54. The first-order chi connectivity index (χ1) is 10.7. The molecular weight excluding hydrogens is 304 g/mol. The lowest BCUT2D eigenvalue weighted by Crippen LogP contribution is -2.14. The van der Waals surface area contributed by atoms with Crippen LogP contribution in [0.3, 0.4) is 0 Å². The Morgan fingerprint density at radius 3 is 2.45 bits per heavy atom. The number of rotatable bonds is 7. The lowest BCUT2D eigenvalue weighted by molar-refractivity contribution is 0.102. The van der Waals surface area contributed by atoms with Crippen molar-refractivity contribution in [2.24, 2.45) is 0 Å². The summed E-state index contributed by atoms with van der Waals surface area (Å²) in [7, 11) is 1.66. The monoisotopic (exact) mass is 320 g/mol. The van der Waals surface area contributed by atoms with E-state index < -0.39 is 0 Å². The van der Waals surface area contributed by atoms with Gasteiger partial charge in [-0.3, -0.25) is 4.79 Å². The molecule has 0 radical (unpaired) electrons. The van der Waals surface area contributed by atoms with Crippen molar-refractivity contribution in [1.29, 1.82) is 0 Å². The average Bonchev–Trinajstić information content (AvgIpc) is 2.54. The van der Waals surface area contributed by atoms with E-state index in [1.165, 1.54) is 0 Å². The molecule has 0 saturated carbocycles. The zero-order valence-corrected chi connectivity index (χ0v) is 12.9. The van der Waals surface area contributed by atoms with E-state index in [4.69, 9.17) is 16.3 Å². The highest BCUT2D eigenvalue weighted by Gasteiger charge is 2.07. The number of nitrogens with zero attached hydrogens (tertiary/aromatic N) is 2. The lowest BCUT2D eigenvalue weighted by Gasteiger charge is -2.06. The standard InChI is InChI=1S/C15H17ClN4O2/c1-22-10-2-9-17-13-7-8-14(20-19-13)18-15(21)11-3-5-12(16)6-4-11/h3-8H,2,9-10H2,1H3,(H,17,19)(H,18,20,21). The van der Waals surface area contributed by atoms with E-state index in [2.05, 4.69) is 20.8 Å². The number of methoxy groups -OCH3 is 1. The Bertz CT molecular complexity index is 602. The van der Waals surface area contributed by atoms with Crippen LogP contribution in [0.15, 0.2) is 36.4 Å². The maximum absolute atomic E-state index is 12.0. The van der Waals surface area contributed by atoms with Gasteiger partial charge in [0.2, 0.25) is 0 Å². The fraction of sp³-hybridized carbons (Fsp3) is 0.267. The van der Waals surface area contributed by atoms with Crippen molar-refractivity contribution in [3.63, 3.8) is 0 Å². The van der Waals surface area contributed by atoms with Crippen LogP contribution < -0.4 is 10.6 Å². The molecule has 0 bridgehead atoms. The Kier molecular flexibility index (Phi) is 6.12. The largest absolute Gasteiger partial charge is 0.385 e. The van der Waals surface area contributed by atoms with Gasteiger partial charge in [0.05, 0.1) is 0 Å². The highest BCUT2D eigenvalue weighted by atomic mass is 35.5. The molecule has 6 nitrogen and oxygen atoms in total. The Morgan fingerprint density at radius 1 is 1.14 bits per heavy atom. The van der Waals surface area contributed by atoms with Gasteiger partial charge < -0.3 is 15.4 Å². The molecule has 0 spiro atoms. The zero-order valence-electron chi connectivity index (χ0n) is 12.2. The molecule has 0 fully saturated rings. The number of halogens is 1. The number of benzene rings is 1. The number of hydrogen-bond acceptors (Lipinski definition) is 5. The van der Waals surface area contributed by atoms with Crippen LogP contribution in [0.4, 0.5) is 11.6 Å². The normalized spacial score (nSPS) is 10.3. The van der Waals surface area contributed by atoms with Crippen molar-refractivity contribution >= 4 is 29.1 Å². The predicted octanol–water partition coefficient (Wildman–Crippen LogP) is 2.83. The summed E-state index contributed by atoms with van der Waals surface area (Å²) in [6.07, 6.45) is 0.882. The second-order valence-corrected chi connectivity index (χ2v) is 4.97. The minimum absolute atomic E-state index is 0.258. The SMILES string of the molecule is COCCCNc1ccc(NC(=O)c2ccc(Cl)cc2)nn1. The van der Waals surface area contributed by atoms with Gasteiger partial charge in [0.1, 0.15) is 5.82 Å². The minimum Gasteiger partial charge on any atom is -0.385 e. The number of carbonyl (C=O) groups excluding carboxylic acids is 1. The molecule has 1 aromatic heterocycles. The van der Waals surface area contributed by atoms with E-state index in [0.717, 1.165) is 13.0 Å². The summed E-state index contributed by atoms with van der Waals surface area (Å²) in [5, 5.41) is 14.3. The summed E-state index contributed by atoms with van der Waals surface area (Å²) in [4.78, 5) is 12.0. The summed E-state index contributed by atoms with van der Waals surface area (Å²) < 4.78 is 4.96. The van der Waals surface area contributed by atoms with Crippen LogP contribution in [0, 0.1) is 0 Å². The molecule has 0 unspecified atom stereocenters. The van der Waals surface area contributed by atoms with Gasteiger partial charge in [0, 0.05) is 30.8 Å². The van der Waals surface area contributed by atoms with Crippen LogP contribution in [0.25, 0.3) is 0 Å². The summed E-state index contributed by atoms with van der Waals surface area (Å²) >= 11 is 5.79. The highest BCUT2D eigenvalue weighted by Crippen LogP contribution is 2.12. The molecule has 0 aliphatic heterocycles. The van der Waals surface area contributed by atoms with Crippen molar-refractivity contribution in [1.82, 2.24) is 10.2 Å². The second kappa shape index (κ2) is 8.31. The third-order valence-corrected chi connectivity index (χ3v) is 3.10. The lowest BCUT2D eigenvalue weighted by atomic mass is 10.2. The molecule has 2 rings (SSSR count). The Hall–Kier alpha value is -2.18. The van der Waals surface area contributed by atoms with Crippen molar-refractivity contribution in [2.45, 2.75) is 6.42 Å². The van der Waals surface area contributed by atoms with Gasteiger partial charge in [0.25, 0.3) is 5.91 Å². The number of ether oxygens (including phenoxy) is 1. The molecule has 0 atom stereocenters. The third kappa shape index (κ3) is 4.98. The van der Waals surface area contributed by atoms with Crippen LogP contribution in [0.1, 0.15) is 16.8 Å². The van der Waals surface area contributed by atoms with Gasteiger partial charge in [0.15, 0.2) is 5.82 Å². The molecule has 22 heavy (non-hydrogen) atoms. The molecular formula is C15H17ClN4O2. The van der Waals surface area contributed by atoms with Crippen molar-refractivity contribution in [3.8, 4) is 0 Å². The first-order valence-corrected chi connectivity index (χ1v) is 7.20. The van der Waals surface area contributed by atoms with Crippen LogP contribution in [-0.4, -0.2) is 36.4 Å². The number of aromatic nitrogens is 2. The molecule has 1 aromatic carbocycles. The van der Waals surface area contributed by atoms with Gasteiger partial charge in [-0.2, -0.15) is 0 Å². The summed E-state index contributed by atoms with van der Waals surface area (Å²) in [5.41, 5.74) is 0.507. The third-order valence-electron chi connectivity index (χ3n) is 2.84. The van der Waals surface area contributed by atoms with Gasteiger partial charge in [-0.25, -0.2) is 0 Å². The summed E-state index contributed by atoms with van der Waals surface area (Å²) in [5.74, 6) is 0.787. The number of carbonyl (C=O) groups is 1. The summed E-state index contributed by atoms with van der Waals surface area (Å²) in [6.45, 7) is 1.44. The van der Waals surface area contributed by atoms with E-state index in [1.54, 1.807) is 43.5 Å². The quantitative estimate of drug-likeness (QED) is 0.767. The first-order valence-electron chi connectivity index (χ1n) is 6.82. The van der Waals surface area contributed by atoms with Gasteiger partial charge in [-0.15, -0.1) is 10.2 Å². The van der Waals surface area contributed by atoms with E-state index in [-0.39, 0.29) is 5.91 Å². The molecule has 1 heterocycles.